The van der Waals surface area contributed by atoms with Gasteiger partial charge in [-0.1, -0.05) is 37.0 Å². The van der Waals surface area contributed by atoms with E-state index < -0.39 is 0 Å². The number of carbonyl (C=O) groups excluding carboxylic acids is 1. The minimum Gasteiger partial charge on any atom is -0.366 e. The second-order valence-corrected chi connectivity index (χ2v) is 9.69. The highest BCUT2D eigenvalue weighted by molar-refractivity contribution is 8.26. The van der Waals surface area contributed by atoms with E-state index in [9.17, 15) is 4.79 Å². The minimum absolute atomic E-state index is 0.0219. The average molecular weight is 401 g/mol. The van der Waals surface area contributed by atoms with E-state index in [1.165, 1.54) is 28.6 Å². The Kier molecular flexibility index (Phi) is 5.55. The number of anilines is 1. The predicted molar refractivity (Wildman–Crippen MR) is 121 cm³/mol. The molecular formula is C22H28N2OS2. The van der Waals surface area contributed by atoms with E-state index in [4.69, 9.17) is 12.2 Å². The summed E-state index contributed by atoms with van der Waals surface area (Å²) in [4.78, 5) is 17.5. The lowest BCUT2D eigenvalue weighted by Crippen LogP contribution is -2.48. The van der Waals surface area contributed by atoms with Crippen molar-refractivity contribution in [2.75, 3.05) is 18.0 Å². The number of hydrogen-bond donors (Lipinski definition) is 0. The third-order valence-electron chi connectivity index (χ3n) is 5.56. The summed E-state index contributed by atoms with van der Waals surface area (Å²) in [6.45, 7) is 16.5. The zero-order chi connectivity index (χ0) is 19.9. The number of thiocarbonyl (C=S) groups is 1. The Labute approximate surface area is 172 Å². The Morgan fingerprint density at radius 2 is 2.11 bits per heavy atom. The van der Waals surface area contributed by atoms with E-state index in [2.05, 4.69) is 58.2 Å². The zero-order valence-corrected chi connectivity index (χ0v) is 18.5. The van der Waals surface area contributed by atoms with Crippen molar-refractivity contribution in [1.82, 2.24) is 4.90 Å². The first kappa shape index (κ1) is 20.2. The molecule has 0 aliphatic carbocycles. The van der Waals surface area contributed by atoms with Gasteiger partial charge in [-0.25, -0.2) is 0 Å². The van der Waals surface area contributed by atoms with Crippen LogP contribution in [0.5, 0.6) is 0 Å². The lowest BCUT2D eigenvalue weighted by Gasteiger charge is -2.47. The normalized spacial score (nSPS) is 23.1. The molecule has 3 rings (SSSR count). The smallest absolute Gasteiger partial charge is 0.266 e. The van der Waals surface area contributed by atoms with Crippen LogP contribution in [-0.4, -0.2) is 33.8 Å². The van der Waals surface area contributed by atoms with Gasteiger partial charge in [0.15, 0.2) is 0 Å². The van der Waals surface area contributed by atoms with Crippen LogP contribution < -0.4 is 4.90 Å². The Hall–Kier alpha value is -1.59. The summed E-state index contributed by atoms with van der Waals surface area (Å²) in [5, 5.41) is 0. The van der Waals surface area contributed by atoms with Gasteiger partial charge >= 0.3 is 0 Å². The van der Waals surface area contributed by atoms with Crippen molar-refractivity contribution in [3.05, 3.63) is 46.4 Å². The number of benzene rings is 1. The summed E-state index contributed by atoms with van der Waals surface area (Å²) in [5.41, 5.74) is 5.15. The summed E-state index contributed by atoms with van der Waals surface area (Å²) < 4.78 is 0.606. The molecule has 0 saturated carbocycles. The molecule has 3 nitrogen and oxygen atoms in total. The molecular weight excluding hydrogens is 372 g/mol. The average Bonchev–Trinajstić information content (AvgIpc) is 2.84. The van der Waals surface area contributed by atoms with Gasteiger partial charge in [0, 0.05) is 24.3 Å². The number of fused-ring (bicyclic) bond motifs is 1. The number of rotatable bonds is 4. The lowest BCUT2D eigenvalue weighted by molar-refractivity contribution is -0.121. The fourth-order valence-corrected chi connectivity index (χ4v) is 5.60. The van der Waals surface area contributed by atoms with Crippen molar-refractivity contribution in [2.45, 2.75) is 52.5 Å². The Bertz CT molecular complexity index is 841. The van der Waals surface area contributed by atoms with Gasteiger partial charge in [0.1, 0.15) is 4.32 Å². The van der Waals surface area contributed by atoms with Gasteiger partial charge in [-0.2, -0.15) is 0 Å². The number of hydrogen-bond acceptors (Lipinski definition) is 4. The Morgan fingerprint density at radius 1 is 1.41 bits per heavy atom. The van der Waals surface area contributed by atoms with Crippen LogP contribution in [0.25, 0.3) is 6.08 Å². The summed E-state index contributed by atoms with van der Waals surface area (Å²) in [5.74, 6) is 0.465. The zero-order valence-electron chi connectivity index (χ0n) is 16.8. The molecule has 0 aromatic heterocycles. The quantitative estimate of drug-likeness (QED) is 0.378. The van der Waals surface area contributed by atoms with Gasteiger partial charge in [-0.3, -0.25) is 9.69 Å². The summed E-state index contributed by atoms with van der Waals surface area (Å²) in [7, 11) is 0. The molecule has 27 heavy (non-hydrogen) atoms. The van der Waals surface area contributed by atoms with E-state index in [0.717, 1.165) is 18.5 Å². The van der Waals surface area contributed by atoms with Crippen LogP contribution in [0.1, 0.15) is 56.7 Å². The second kappa shape index (κ2) is 7.44. The molecule has 1 aromatic rings. The van der Waals surface area contributed by atoms with Crippen LogP contribution in [0.4, 0.5) is 5.69 Å². The maximum Gasteiger partial charge on any atom is 0.266 e. The molecule has 0 N–H and O–H groups in total. The van der Waals surface area contributed by atoms with Crippen LogP contribution in [0, 0.1) is 6.92 Å². The highest BCUT2D eigenvalue weighted by atomic mass is 32.2. The van der Waals surface area contributed by atoms with Crippen molar-refractivity contribution < 1.29 is 4.79 Å². The van der Waals surface area contributed by atoms with Gasteiger partial charge in [0.2, 0.25) is 0 Å². The molecule has 1 saturated heterocycles. The number of nitrogens with zero attached hydrogens (tertiary/aromatic N) is 2. The molecule has 0 radical (unpaired) electrons. The maximum atomic E-state index is 12.7. The molecule has 1 aromatic carbocycles. The number of thioether (sulfide) groups is 1. The number of carbonyl (C=O) groups is 1. The highest BCUT2D eigenvalue weighted by Crippen LogP contribution is 2.44. The van der Waals surface area contributed by atoms with Gasteiger partial charge in [0.05, 0.1) is 4.91 Å². The Morgan fingerprint density at radius 3 is 2.74 bits per heavy atom. The Balaban J connectivity index is 2.03. The molecule has 2 aliphatic heterocycles. The second-order valence-electron chi connectivity index (χ2n) is 8.01. The standard InChI is InChI=1S/C22H28N2OS2/c1-7-9-23-20(25)19(27-21(23)26)12-16-11-17-15(4)13-22(5,6)24(8-2)18(17)10-14(16)3/h7,10-12,15H,1,8-9,13H2,2-6H3/b19-12-. The summed E-state index contributed by atoms with van der Waals surface area (Å²) >= 11 is 6.73. The molecule has 0 bridgehead atoms. The molecule has 1 amide bonds. The largest absolute Gasteiger partial charge is 0.366 e. The molecule has 0 spiro atoms. The molecule has 1 unspecified atom stereocenters. The fourth-order valence-electron chi connectivity index (χ4n) is 4.33. The predicted octanol–water partition coefficient (Wildman–Crippen LogP) is 5.49. The molecule has 1 atom stereocenters. The first-order chi connectivity index (χ1) is 12.7. The van der Waals surface area contributed by atoms with Gasteiger partial charge < -0.3 is 4.90 Å². The number of aryl methyl sites for hydroxylation is 1. The molecule has 144 valence electrons. The summed E-state index contributed by atoms with van der Waals surface area (Å²) in [6.07, 6.45) is 4.83. The molecule has 2 heterocycles. The van der Waals surface area contributed by atoms with Crippen LogP contribution >= 0.6 is 24.0 Å². The fraction of sp³-hybridized carbons (Fsp3) is 0.455. The van der Waals surface area contributed by atoms with E-state index in [-0.39, 0.29) is 11.4 Å². The van der Waals surface area contributed by atoms with E-state index in [1.807, 2.05) is 6.08 Å². The highest BCUT2D eigenvalue weighted by Gasteiger charge is 2.36. The van der Waals surface area contributed by atoms with Crippen LogP contribution in [0.15, 0.2) is 29.7 Å². The van der Waals surface area contributed by atoms with Crippen molar-refractivity contribution >= 4 is 46.0 Å². The minimum atomic E-state index is -0.0219. The van der Waals surface area contributed by atoms with Crippen LogP contribution in [0.3, 0.4) is 0 Å². The third kappa shape index (κ3) is 3.59. The molecule has 2 aliphatic rings. The lowest BCUT2D eigenvalue weighted by atomic mass is 9.79. The summed E-state index contributed by atoms with van der Waals surface area (Å²) in [6, 6.07) is 4.56. The van der Waals surface area contributed by atoms with E-state index in [1.54, 1.807) is 11.0 Å². The monoisotopic (exact) mass is 400 g/mol. The first-order valence-electron chi connectivity index (χ1n) is 9.48. The van der Waals surface area contributed by atoms with Gasteiger partial charge in [-0.05, 0) is 74.9 Å². The van der Waals surface area contributed by atoms with Crippen molar-refractivity contribution in [3.63, 3.8) is 0 Å². The topological polar surface area (TPSA) is 23.6 Å². The number of amides is 1. The maximum absolute atomic E-state index is 12.7. The van der Waals surface area contributed by atoms with E-state index >= 15 is 0 Å². The molecule has 1 fully saturated rings. The SMILES string of the molecule is C=CCN1C(=O)/C(=C/c2cc3c(cc2C)N(CC)C(C)(C)CC3C)SC1=S. The van der Waals surface area contributed by atoms with Crippen molar-refractivity contribution in [3.8, 4) is 0 Å². The van der Waals surface area contributed by atoms with Gasteiger partial charge in [-0.15, -0.1) is 6.58 Å². The first-order valence-corrected chi connectivity index (χ1v) is 10.7. The van der Waals surface area contributed by atoms with Crippen LogP contribution in [-0.2, 0) is 4.79 Å². The third-order valence-corrected chi connectivity index (χ3v) is 6.94. The molecule has 5 heteroatoms. The van der Waals surface area contributed by atoms with Crippen LogP contribution in [0.2, 0.25) is 0 Å². The van der Waals surface area contributed by atoms with E-state index in [0.29, 0.717) is 21.7 Å². The van der Waals surface area contributed by atoms with Crippen molar-refractivity contribution in [1.29, 1.82) is 0 Å². The van der Waals surface area contributed by atoms with Crippen molar-refractivity contribution in [2.24, 2.45) is 0 Å². The van der Waals surface area contributed by atoms with Gasteiger partial charge in [0.25, 0.3) is 5.91 Å².